The van der Waals surface area contributed by atoms with E-state index < -0.39 is 0 Å². The lowest BCUT2D eigenvalue weighted by Gasteiger charge is -2.21. The number of hydrogen-bond acceptors (Lipinski definition) is 2. The highest BCUT2D eigenvalue weighted by atomic mass is 16.6. The summed E-state index contributed by atoms with van der Waals surface area (Å²) in [5.41, 5.74) is 0. The van der Waals surface area contributed by atoms with Gasteiger partial charge >= 0.3 is 5.97 Å². The van der Waals surface area contributed by atoms with E-state index >= 15 is 0 Å². The van der Waals surface area contributed by atoms with E-state index in [2.05, 4.69) is 7.85 Å². The third-order valence-corrected chi connectivity index (χ3v) is 2.72. The molecule has 2 fully saturated rings. The molecular formula is C7H11BO2. The second kappa shape index (κ2) is 2.01. The summed E-state index contributed by atoms with van der Waals surface area (Å²) in [5.74, 6) is 0.901. The zero-order valence-electron chi connectivity index (χ0n) is 6.17. The van der Waals surface area contributed by atoms with E-state index in [0.29, 0.717) is 5.82 Å². The van der Waals surface area contributed by atoms with Crippen LogP contribution in [-0.4, -0.2) is 19.9 Å². The fourth-order valence-corrected chi connectivity index (χ4v) is 1.90. The lowest BCUT2D eigenvalue weighted by Crippen LogP contribution is -2.18. The normalized spacial score (nSPS) is 45.2. The average Bonchev–Trinajstić information content (AvgIpc) is 2.21. The Morgan fingerprint density at radius 3 is 3.00 bits per heavy atom. The van der Waals surface area contributed by atoms with Crippen molar-refractivity contribution in [2.45, 2.75) is 31.2 Å². The molecule has 1 aliphatic heterocycles. The maximum Gasteiger partial charge on any atom is 0.309 e. The molecule has 2 bridgehead atoms. The smallest absolute Gasteiger partial charge is 0.309 e. The minimum atomic E-state index is 0.0503. The molecule has 0 amide bonds. The summed E-state index contributed by atoms with van der Waals surface area (Å²) in [7, 11) is 2.17. The molecule has 10 heavy (non-hydrogen) atoms. The highest BCUT2D eigenvalue weighted by Crippen LogP contribution is 2.39. The first-order chi connectivity index (χ1) is 4.77. The van der Waals surface area contributed by atoms with E-state index in [-0.39, 0.29) is 18.0 Å². The van der Waals surface area contributed by atoms with Gasteiger partial charge in [-0.3, -0.25) is 4.79 Å². The Kier molecular flexibility index (Phi) is 1.26. The fourth-order valence-electron chi connectivity index (χ4n) is 1.90. The molecule has 1 saturated heterocycles. The summed E-state index contributed by atoms with van der Waals surface area (Å²) in [6, 6.07) is 0. The van der Waals surface area contributed by atoms with Crippen LogP contribution in [0.2, 0.25) is 5.82 Å². The monoisotopic (exact) mass is 138 g/mol. The molecule has 0 aromatic heterocycles. The Hall–Kier alpha value is -0.465. The first-order valence-corrected chi connectivity index (χ1v) is 3.98. The van der Waals surface area contributed by atoms with Crippen LogP contribution in [0.3, 0.4) is 0 Å². The third kappa shape index (κ3) is 0.763. The van der Waals surface area contributed by atoms with Crippen LogP contribution in [0.25, 0.3) is 0 Å². The largest absolute Gasteiger partial charge is 0.463 e. The zero-order valence-corrected chi connectivity index (χ0v) is 6.17. The standard InChI is InChI=1S/C7H11BO2/c8-5-2-1-4-3-6(5)10-7(4)9/h4-6H,1-3,8H2/t4?,5-,6-/m0/s1. The summed E-state index contributed by atoms with van der Waals surface area (Å²) >= 11 is 0. The van der Waals surface area contributed by atoms with Gasteiger partial charge in [-0.25, -0.2) is 0 Å². The minimum absolute atomic E-state index is 0.0503. The van der Waals surface area contributed by atoms with Crippen molar-refractivity contribution in [3.8, 4) is 0 Å². The van der Waals surface area contributed by atoms with E-state index in [1.165, 1.54) is 6.42 Å². The Morgan fingerprint density at radius 1 is 1.50 bits per heavy atom. The van der Waals surface area contributed by atoms with Gasteiger partial charge < -0.3 is 4.74 Å². The Morgan fingerprint density at radius 2 is 2.30 bits per heavy atom. The summed E-state index contributed by atoms with van der Waals surface area (Å²) in [6.07, 6.45) is 3.46. The SMILES string of the molecule is B[C@H]1CCC2C[C@@H]1OC2=O. The first kappa shape index (κ1) is 6.26. The van der Waals surface area contributed by atoms with E-state index in [4.69, 9.17) is 4.74 Å². The van der Waals surface area contributed by atoms with Gasteiger partial charge in [0.05, 0.1) is 12.0 Å². The van der Waals surface area contributed by atoms with Gasteiger partial charge in [-0.1, -0.05) is 6.42 Å². The Labute approximate surface area is 61.3 Å². The molecule has 1 aliphatic carbocycles. The van der Waals surface area contributed by atoms with E-state index in [0.717, 1.165) is 12.8 Å². The predicted octanol–water partition coefficient (Wildman–Crippen LogP) is 0.133. The molecule has 2 rings (SSSR count). The molecule has 0 aromatic rings. The fraction of sp³-hybridized carbons (Fsp3) is 0.857. The average molecular weight is 138 g/mol. The van der Waals surface area contributed by atoms with Crippen molar-refractivity contribution in [3.63, 3.8) is 0 Å². The first-order valence-electron chi connectivity index (χ1n) is 3.98. The number of carbonyl (C=O) groups is 1. The van der Waals surface area contributed by atoms with Crippen LogP contribution in [-0.2, 0) is 9.53 Å². The molecule has 3 atom stereocenters. The zero-order chi connectivity index (χ0) is 7.14. The van der Waals surface area contributed by atoms with Gasteiger partial charge in [0.25, 0.3) is 0 Å². The molecule has 0 aromatic carbocycles. The van der Waals surface area contributed by atoms with Gasteiger partial charge in [0.1, 0.15) is 7.85 Å². The van der Waals surface area contributed by atoms with Crippen LogP contribution in [0.4, 0.5) is 0 Å². The third-order valence-electron chi connectivity index (χ3n) is 2.72. The van der Waals surface area contributed by atoms with Gasteiger partial charge in [0.15, 0.2) is 0 Å². The van der Waals surface area contributed by atoms with Crippen LogP contribution in [0.5, 0.6) is 0 Å². The second-order valence-electron chi connectivity index (χ2n) is 3.46. The van der Waals surface area contributed by atoms with E-state index in [1.807, 2.05) is 0 Å². The van der Waals surface area contributed by atoms with Gasteiger partial charge in [0, 0.05) is 0 Å². The number of esters is 1. The summed E-state index contributed by atoms with van der Waals surface area (Å²) in [6.45, 7) is 0. The summed E-state index contributed by atoms with van der Waals surface area (Å²) in [5, 5.41) is 0. The van der Waals surface area contributed by atoms with Crippen molar-refractivity contribution < 1.29 is 9.53 Å². The molecule has 2 nitrogen and oxygen atoms in total. The van der Waals surface area contributed by atoms with Crippen molar-refractivity contribution in [1.29, 1.82) is 0 Å². The lowest BCUT2D eigenvalue weighted by atomic mass is 9.71. The van der Waals surface area contributed by atoms with Crippen molar-refractivity contribution in [2.24, 2.45) is 5.92 Å². The number of carbonyl (C=O) groups excluding carboxylic acids is 1. The van der Waals surface area contributed by atoms with Gasteiger partial charge in [0.2, 0.25) is 0 Å². The van der Waals surface area contributed by atoms with Crippen molar-refractivity contribution in [2.75, 3.05) is 0 Å². The number of rotatable bonds is 0. The molecule has 1 unspecified atom stereocenters. The molecule has 54 valence electrons. The molecule has 2 aliphatic rings. The van der Waals surface area contributed by atoms with Gasteiger partial charge in [-0.15, -0.1) is 0 Å². The molecule has 0 N–H and O–H groups in total. The summed E-state index contributed by atoms with van der Waals surface area (Å²) in [4.78, 5) is 11.0. The van der Waals surface area contributed by atoms with Crippen LogP contribution < -0.4 is 0 Å². The number of hydrogen-bond donors (Lipinski definition) is 0. The topological polar surface area (TPSA) is 26.3 Å². The van der Waals surface area contributed by atoms with Crippen LogP contribution >= 0.6 is 0 Å². The molecule has 0 radical (unpaired) electrons. The highest BCUT2D eigenvalue weighted by Gasteiger charge is 2.40. The quantitative estimate of drug-likeness (QED) is 0.351. The molecule has 1 heterocycles. The molecule has 0 spiro atoms. The summed E-state index contributed by atoms with van der Waals surface area (Å²) < 4.78 is 5.16. The van der Waals surface area contributed by atoms with Gasteiger partial charge in [-0.05, 0) is 18.7 Å². The predicted molar refractivity (Wildman–Crippen MR) is 39.5 cm³/mol. The van der Waals surface area contributed by atoms with Crippen molar-refractivity contribution in [1.82, 2.24) is 0 Å². The Bertz CT molecular complexity index is 169. The van der Waals surface area contributed by atoms with E-state index in [1.54, 1.807) is 0 Å². The Balaban J connectivity index is 2.15. The van der Waals surface area contributed by atoms with E-state index in [9.17, 15) is 4.79 Å². The lowest BCUT2D eigenvalue weighted by molar-refractivity contribution is -0.143. The maximum atomic E-state index is 11.0. The van der Waals surface area contributed by atoms with Crippen LogP contribution in [0.15, 0.2) is 0 Å². The van der Waals surface area contributed by atoms with Crippen molar-refractivity contribution in [3.05, 3.63) is 0 Å². The molecule has 1 saturated carbocycles. The van der Waals surface area contributed by atoms with Crippen LogP contribution in [0.1, 0.15) is 19.3 Å². The number of ether oxygens (including phenoxy) is 1. The molecular weight excluding hydrogens is 127 g/mol. The molecule has 3 heteroatoms. The van der Waals surface area contributed by atoms with Gasteiger partial charge in [-0.2, -0.15) is 0 Å². The number of fused-ring (bicyclic) bond motifs is 2. The van der Waals surface area contributed by atoms with Crippen molar-refractivity contribution >= 4 is 13.8 Å². The highest BCUT2D eigenvalue weighted by molar-refractivity contribution is 6.12. The van der Waals surface area contributed by atoms with Crippen LogP contribution in [0, 0.1) is 5.92 Å². The second-order valence-corrected chi connectivity index (χ2v) is 3.46. The minimum Gasteiger partial charge on any atom is -0.463 e. The maximum absolute atomic E-state index is 11.0.